The van der Waals surface area contributed by atoms with Gasteiger partial charge in [-0.05, 0) is 30.3 Å². The van der Waals surface area contributed by atoms with Gasteiger partial charge in [0.15, 0.2) is 0 Å². The summed E-state index contributed by atoms with van der Waals surface area (Å²) in [5.74, 6) is -0.706. The van der Waals surface area contributed by atoms with Gasteiger partial charge in [-0.25, -0.2) is 9.78 Å². The molecule has 1 aromatic heterocycles. The van der Waals surface area contributed by atoms with Crippen molar-refractivity contribution in [2.24, 2.45) is 0 Å². The number of carbonyl (C=O) groups is 3. The van der Waals surface area contributed by atoms with Crippen LogP contribution in [0.4, 0.5) is 0 Å². The highest BCUT2D eigenvalue weighted by atomic mass is 32.1. The maximum Gasteiger partial charge on any atom is 0.338 e. The van der Waals surface area contributed by atoms with E-state index < -0.39 is 17.8 Å². The number of amides is 2. The second-order valence-corrected chi connectivity index (χ2v) is 7.58. The van der Waals surface area contributed by atoms with Crippen molar-refractivity contribution in [1.82, 2.24) is 9.88 Å². The molecule has 0 unspecified atom stereocenters. The van der Waals surface area contributed by atoms with Gasteiger partial charge in [0.2, 0.25) is 0 Å². The molecule has 0 atom stereocenters. The quantitative estimate of drug-likeness (QED) is 0.318. The summed E-state index contributed by atoms with van der Waals surface area (Å²) >= 11 is 1.44. The first kappa shape index (κ1) is 20.5. The third-order valence-electron chi connectivity index (χ3n) is 4.74. The molecule has 0 fully saturated rings. The number of imide groups is 1. The van der Waals surface area contributed by atoms with Crippen LogP contribution in [0.15, 0.2) is 60.5 Å². The van der Waals surface area contributed by atoms with Crippen LogP contribution in [-0.4, -0.2) is 41.3 Å². The van der Waals surface area contributed by atoms with Crippen LogP contribution in [-0.2, 0) is 11.3 Å². The van der Waals surface area contributed by atoms with E-state index in [0.717, 1.165) is 21.2 Å². The zero-order chi connectivity index (χ0) is 22.0. The SMILES string of the molecule is C=CCN1C(=O)c2ccc(C(=O)OCc3csc(-c4cccc(OC)c4)n3)cc2C1=O. The Labute approximate surface area is 182 Å². The van der Waals surface area contributed by atoms with Gasteiger partial charge in [0.1, 0.15) is 17.4 Å². The summed E-state index contributed by atoms with van der Waals surface area (Å²) in [5, 5.41) is 2.61. The molecule has 0 N–H and O–H groups in total. The Morgan fingerprint density at radius 3 is 2.74 bits per heavy atom. The minimum atomic E-state index is -0.596. The smallest absolute Gasteiger partial charge is 0.338 e. The molecule has 2 aromatic carbocycles. The fourth-order valence-electron chi connectivity index (χ4n) is 3.20. The second kappa shape index (κ2) is 8.53. The van der Waals surface area contributed by atoms with Gasteiger partial charge in [-0.3, -0.25) is 14.5 Å². The molecule has 0 aliphatic carbocycles. The van der Waals surface area contributed by atoms with Crippen molar-refractivity contribution in [3.05, 3.63) is 82.9 Å². The van der Waals surface area contributed by atoms with Crippen LogP contribution in [0.2, 0.25) is 0 Å². The molecular weight excluding hydrogens is 416 g/mol. The van der Waals surface area contributed by atoms with Crippen LogP contribution in [0.25, 0.3) is 10.6 Å². The van der Waals surface area contributed by atoms with Crippen LogP contribution in [0.5, 0.6) is 5.75 Å². The van der Waals surface area contributed by atoms with Crippen LogP contribution in [0, 0.1) is 0 Å². The lowest BCUT2D eigenvalue weighted by Crippen LogP contribution is -2.29. The lowest BCUT2D eigenvalue weighted by atomic mass is 10.1. The fraction of sp³-hybridized carbons (Fsp3) is 0.130. The second-order valence-electron chi connectivity index (χ2n) is 6.72. The van der Waals surface area contributed by atoms with Crippen LogP contribution in [0.3, 0.4) is 0 Å². The molecule has 156 valence electrons. The Morgan fingerprint density at radius 2 is 1.97 bits per heavy atom. The minimum absolute atomic E-state index is 0.00808. The number of carbonyl (C=O) groups excluding carboxylic acids is 3. The molecule has 7 nitrogen and oxygen atoms in total. The molecule has 4 rings (SSSR count). The number of nitrogens with zero attached hydrogens (tertiary/aromatic N) is 2. The van der Waals surface area contributed by atoms with E-state index >= 15 is 0 Å². The normalized spacial score (nSPS) is 12.6. The standard InChI is InChI=1S/C23H18N2O5S/c1-3-9-25-21(26)18-8-7-15(11-19(18)22(25)27)23(28)30-12-16-13-31-20(24-16)14-5-4-6-17(10-14)29-2/h3-8,10-11,13H,1,9,12H2,2H3. The van der Waals surface area contributed by atoms with E-state index in [1.807, 2.05) is 29.6 Å². The largest absolute Gasteiger partial charge is 0.497 e. The number of hydrogen-bond donors (Lipinski definition) is 0. The first-order valence-electron chi connectivity index (χ1n) is 9.39. The Morgan fingerprint density at radius 1 is 1.16 bits per heavy atom. The summed E-state index contributed by atoms with van der Waals surface area (Å²) in [6.07, 6.45) is 1.48. The van der Waals surface area contributed by atoms with Crippen LogP contribution < -0.4 is 4.74 Å². The number of aromatic nitrogens is 1. The van der Waals surface area contributed by atoms with Crippen LogP contribution in [0.1, 0.15) is 36.8 Å². The molecule has 0 bridgehead atoms. The fourth-order valence-corrected chi connectivity index (χ4v) is 4.00. The Bertz CT molecular complexity index is 1200. The van der Waals surface area contributed by atoms with Gasteiger partial charge < -0.3 is 9.47 Å². The summed E-state index contributed by atoms with van der Waals surface area (Å²) in [6, 6.07) is 11.9. The number of thiazole rings is 1. The first-order chi connectivity index (χ1) is 15.0. The van der Waals surface area contributed by atoms with Crippen LogP contribution >= 0.6 is 11.3 Å². The van der Waals surface area contributed by atoms with Crippen molar-refractivity contribution in [2.45, 2.75) is 6.61 Å². The van der Waals surface area contributed by atoms with Gasteiger partial charge >= 0.3 is 5.97 Å². The van der Waals surface area contributed by atoms with E-state index in [1.165, 1.54) is 35.6 Å². The molecule has 1 aliphatic rings. The highest BCUT2D eigenvalue weighted by molar-refractivity contribution is 7.13. The van der Waals surface area contributed by atoms with Gasteiger partial charge in [0.05, 0.1) is 29.5 Å². The first-order valence-corrected chi connectivity index (χ1v) is 10.3. The number of methoxy groups -OCH3 is 1. The number of ether oxygens (including phenoxy) is 2. The number of fused-ring (bicyclic) bond motifs is 1. The summed E-state index contributed by atoms with van der Waals surface area (Å²) in [4.78, 5) is 42.8. The molecule has 31 heavy (non-hydrogen) atoms. The van der Waals surface area contributed by atoms with Gasteiger partial charge in [-0.1, -0.05) is 18.2 Å². The molecule has 0 saturated heterocycles. The third-order valence-corrected chi connectivity index (χ3v) is 5.68. The monoisotopic (exact) mass is 434 g/mol. The molecule has 1 aliphatic heterocycles. The Kier molecular flexibility index (Phi) is 5.64. The molecule has 0 saturated carbocycles. The average Bonchev–Trinajstić information content (AvgIpc) is 3.37. The number of benzene rings is 2. The molecule has 0 radical (unpaired) electrons. The van der Waals surface area contributed by atoms with Gasteiger partial charge in [0.25, 0.3) is 11.8 Å². The maximum atomic E-state index is 12.5. The van der Waals surface area contributed by atoms with Crippen molar-refractivity contribution in [1.29, 1.82) is 0 Å². The summed E-state index contributed by atoms with van der Waals surface area (Å²) < 4.78 is 10.6. The van der Waals surface area contributed by atoms with Gasteiger partial charge in [-0.2, -0.15) is 0 Å². The van der Waals surface area contributed by atoms with E-state index in [2.05, 4.69) is 11.6 Å². The molecule has 2 amide bonds. The number of rotatable bonds is 7. The summed E-state index contributed by atoms with van der Waals surface area (Å²) in [7, 11) is 1.60. The van der Waals surface area contributed by atoms with Crippen molar-refractivity contribution >= 4 is 29.1 Å². The lowest BCUT2D eigenvalue weighted by molar-refractivity contribution is 0.0468. The van der Waals surface area contributed by atoms with Crippen molar-refractivity contribution in [2.75, 3.05) is 13.7 Å². The lowest BCUT2D eigenvalue weighted by Gasteiger charge is -2.09. The predicted octanol–water partition coefficient (Wildman–Crippen LogP) is 3.96. The maximum absolute atomic E-state index is 12.5. The number of esters is 1. The predicted molar refractivity (Wildman–Crippen MR) is 115 cm³/mol. The van der Waals surface area contributed by atoms with E-state index in [1.54, 1.807) is 7.11 Å². The third kappa shape index (κ3) is 3.97. The molecular formula is C23H18N2O5S. The molecule has 3 aromatic rings. The zero-order valence-electron chi connectivity index (χ0n) is 16.7. The highest BCUT2D eigenvalue weighted by Crippen LogP contribution is 2.28. The average molecular weight is 434 g/mol. The molecule has 8 heteroatoms. The van der Waals surface area contributed by atoms with Crippen molar-refractivity contribution in [3.8, 4) is 16.3 Å². The topological polar surface area (TPSA) is 85.8 Å². The molecule has 0 spiro atoms. The van der Waals surface area contributed by atoms with E-state index in [-0.39, 0.29) is 29.8 Å². The minimum Gasteiger partial charge on any atom is -0.497 e. The Balaban J connectivity index is 1.45. The Hall–Kier alpha value is -3.78. The van der Waals surface area contributed by atoms with Gasteiger partial charge in [0, 0.05) is 17.5 Å². The van der Waals surface area contributed by atoms with Crippen molar-refractivity contribution in [3.63, 3.8) is 0 Å². The van der Waals surface area contributed by atoms with E-state index in [0.29, 0.717) is 5.69 Å². The van der Waals surface area contributed by atoms with E-state index in [9.17, 15) is 14.4 Å². The summed E-state index contributed by atoms with van der Waals surface area (Å²) in [6.45, 7) is 3.66. The van der Waals surface area contributed by atoms with Gasteiger partial charge in [-0.15, -0.1) is 17.9 Å². The summed E-state index contributed by atoms with van der Waals surface area (Å²) in [5.41, 5.74) is 2.18. The highest BCUT2D eigenvalue weighted by Gasteiger charge is 2.35. The number of hydrogen-bond acceptors (Lipinski definition) is 7. The van der Waals surface area contributed by atoms with E-state index in [4.69, 9.17) is 9.47 Å². The molecule has 2 heterocycles. The zero-order valence-corrected chi connectivity index (χ0v) is 17.5. The van der Waals surface area contributed by atoms with Crippen molar-refractivity contribution < 1.29 is 23.9 Å².